The van der Waals surface area contributed by atoms with Crippen LogP contribution in [0.25, 0.3) is 11.0 Å². The van der Waals surface area contributed by atoms with Crippen molar-refractivity contribution in [1.82, 2.24) is 14.5 Å². The normalized spacial score (nSPS) is 19.0. The van der Waals surface area contributed by atoms with E-state index in [1.807, 2.05) is 23.1 Å². The molecule has 6 heteroatoms. The second-order valence-electron chi connectivity index (χ2n) is 6.67. The first-order chi connectivity index (χ1) is 12.1. The van der Waals surface area contributed by atoms with E-state index in [1.54, 1.807) is 6.92 Å². The third kappa shape index (κ3) is 2.86. The topological polar surface area (TPSA) is 56.6 Å². The van der Waals surface area contributed by atoms with Gasteiger partial charge < -0.3 is 18.9 Å². The zero-order chi connectivity index (χ0) is 17.4. The number of rotatable bonds is 2. The van der Waals surface area contributed by atoms with Crippen LogP contribution in [0.4, 0.5) is 0 Å². The molecule has 6 nitrogen and oxygen atoms in total. The number of imidazole rings is 1. The molecule has 0 radical (unpaired) electrons. The number of ether oxygens (including phenoxy) is 2. The molecular weight excluding hydrogens is 318 g/mol. The van der Waals surface area contributed by atoms with Crippen LogP contribution >= 0.6 is 0 Å². The lowest BCUT2D eigenvalue weighted by Crippen LogP contribution is -2.40. The maximum absolute atomic E-state index is 12.7. The Kier molecular flexibility index (Phi) is 4.11. The van der Waals surface area contributed by atoms with Gasteiger partial charge in [-0.15, -0.1) is 0 Å². The van der Waals surface area contributed by atoms with Crippen LogP contribution in [-0.2, 0) is 21.3 Å². The van der Waals surface area contributed by atoms with Gasteiger partial charge in [-0.2, -0.15) is 0 Å². The number of para-hydroxylation sites is 2. The van der Waals surface area contributed by atoms with E-state index < -0.39 is 0 Å². The molecule has 0 unspecified atom stereocenters. The minimum atomic E-state index is -0.0550. The van der Waals surface area contributed by atoms with Crippen LogP contribution in [-0.4, -0.2) is 46.7 Å². The largest absolute Gasteiger partial charge is 0.491 e. The molecule has 1 fully saturated rings. The summed E-state index contributed by atoms with van der Waals surface area (Å²) in [5.41, 5.74) is 2.19. The van der Waals surface area contributed by atoms with Gasteiger partial charge in [0.2, 0.25) is 5.76 Å². The molecule has 132 valence electrons. The summed E-state index contributed by atoms with van der Waals surface area (Å²) in [6.07, 6.45) is 1.83. The summed E-state index contributed by atoms with van der Waals surface area (Å²) in [6, 6.07) is 8.20. The van der Waals surface area contributed by atoms with Gasteiger partial charge in [0.1, 0.15) is 24.8 Å². The smallest absolute Gasteiger partial charge is 0.292 e. The molecule has 1 saturated heterocycles. The van der Waals surface area contributed by atoms with Crippen molar-refractivity contribution in [1.29, 1.82) is 0 Å². The highest BCUT2D eigenvalue weighted by Gasteiger charge is 2.30. The molecule has 25 heavy (non-hydrogen) atoms. The lowest BCUT2D eigenvalue weighted by molar-refractivity contribution is -0.133. The lowest BCUT2D eigenvalue weighted by Gasteiger charge is -2.33. The summed E-state index contributed by atoms with van der Waals surface area (Å²) in [4.78, 5) is 19.3. The first-order valence-corrected chi connectivity index (χ1v) is 8.82. The van der Waals surface area contributed by atoms with E-state index in [-0.39, 0.29) is 5.91 Å². The van der Waals surface area contributed by atoms with E-state index in [9.17, 15) is 4.79 Å². The standard InChI is InChI=1S/C19H23N3O3/c1-13-17(25-12-11-24-13)19(23)22-9-7-14(8-10-22)18-20-15-5-3-4-6-16(15)21(18)2/h3-6,14H,7-12H2,1-2H3. The summed E-state index contributed by atoms with van der Waals surface area (Å²) in [5.74, 6) is 2.39. The van der Waals surface area contributed by atoms with Crippen molar-refractivity contribution in [3.63, 3.8) is 0 Å². The molecule has 1 aromatic carbocycles. The Morgan fingerprint density at radius 2 is 1.88 bits per heavy atom. The number of hydrogen-bond donors (Lipinski definition) is 0. The maximum atomic E-state index is 12.7. The van der Waals surface area contributed by atoms with Crippen LogP contribution in [0, 0.1) is 0 Å². The molecule has 0 saturated carbocycles. The van der Waals surface area contributed by atoms with Crippen molar-refractivity contribution < 1.29 is 14.3 Å². The number of allylic oxidation sites excluding steroid dienone is 1. The Hall–Kier alpha value is -2.50. The summed E-state index contributed by atoms with van der Waals surface area (Å²) >= 11 is 0. The van der Waals surface area contributed by atoms with E-state index in [0.29, 0.717) is 43.7 Å². The van der Waals surface area contributed by atoms with Crippen LogP contribution in [0.1, 0.15) is 31.5 Å². The Bertz CT molecular complexity index is 832. The predicted octanol–water partition coefficient (Wildman–Crippen LogP) is 2.56. The van der Waals surface area contributed by atoms with Crippen molar-refractivity contribution in [3.05, 3.63) is 41.6 Å². The Balaban J connectivity index is 1.47. The van der Waals surface area contributed by atoms with E-state index >= 15 is 0 Å². The maximum Gasteiger partial charge on any atom is 0.292 e. The minimum absolute atomic E-state index is 0.0550. The van der Waals surface area contributed by atoms with Crippen molar-refractivity contribution in [2.24, 2.45) is 7.05 Å². The average Bonchev–Trinajstić information content (AvgIpc) is 2.99. The van der Waals surface area contributed by atoms with Crippen LogP contribution in [0.5, 0.6) is 0 Å². The first kappa shape index (κ1) is 16.0. The Labute approximate surface area is 147 Å². The number of carbonyl (C=O) groups excluding carboxylic acids is 1. The number of amides is 1. The van der Waals surface area contributed by atoms with Gasteiger partial charge in [-0.3, -0.25) is 4.79 Å². The van der Waals surface area contributed by atoms with Gasteiger partial charge in [0, 0.05) is 26.1 Å². The minimum Gasteiger partial charge on any atom is -0.491 e. The van der Waals surface area contributed by atoms with Gasteiger partial charge in [-0.05, 0) is 31.9 Å². The number of hydrogen-bond acceptors (Lipinski definition) is 4. The van der Waals surface area contributed by atoms with E-state index in [1.165, 1.54) is 0 Å². The number of likely N-dealkylation sites (tertiary alicyclic amines) is 1. The molecule has 0 spiro atoms. The molecule has 2 aliphatic heterocycles. The highest BCUT2D eigenvalue weighted by atomic mass is 16.6. The third-order valence-electron chi connectivity index (χ3n) is 5.13. The third-order valence-corrected chi connectivity index (χ3v) is 5.13. The molecule has 3 heterocycles. The predicted molar refractivity (Wildman–Crippen MR) is 93.9 cm³/mol. The zero-order valence-electron chi connectivity index (χ0n) is 14.7. The molecule has 0 N–H and O–H groups in total. The number of nitrogens with zero attached hydrogens (tertiary/aromatic N) is 3. The monoisotopic (exact) mass is 341 g/mol. The lowest BCUT2D eigenvalue weighted by atomic mass is 9.95. The molecule has 0 aliphatic carbocycles. The van der Waals surface area contributed by atoms with E-state index in [4.69, 9.17) is 14.5 Å². The van der Waals surface area contributed by atoms with Gasteiger partial charge in [0.15, 0.2) is 0 Å². The molecule has 4 rings (SSSR count). The number of fused-ring (bicyclic) bond motifs is 1. The fraction of sp³-hybridized carbons (Fsp3) is 0.474. The summed E-state index contributed by atoms with van der Waals surface area (Å²) in [7, 11) is 2.07. The molecule has 2 aromatic rings. The van der Waals surface area contributed by atoms with Gasteiger partial charge >= 0.3 is 0 Å². The second-order valence-corrected chi connectivity index (χ2v) is 6.67. The fourth-order valence-electron chi connectivity index (χ4n) is 3.73. The summed E-state index contributed by atoms with van der Waals surface area (Å²) in [6.45, 7) is 4.17. The van der Waals surface area contributed by atoms with Crippen molar-refractivity contribution >= 4 is 16.9 Å². The van der Waals surface area contributed by atoms with E-state index in [2.05, 4.69) is 17.7 Å². The van der Waals surface area contributed by atoms with Gasteiger partial charge in [0.05, 0.1) is 11.0 Å². The number of aromatic nitrogens is 2. The second kappa shape index (κ2) is 6.43. The van der Waals surface area contributed by atoms with Gasteiger partial charge in [-0.25, -0.2) is 4.98 Å². The number of piperidine rings is 1. The van der Waals surface area contributed by atoms with Crippen LogP contribution in [0.2, 0.25) is 0 Å². The number of benzene rings is 1. The highest BCUT2D eigenvalue weighted by Crippen LogP contribution is 2.30. The molecule has 0 atom stereocenters. The van der Waals surface area contributed by atoms with Crippen molar-refractivity contribution in [3.8, 4) is 0 Å². The average molecular weight is 341 g/mol. The summed E-state index contributed by atoms with van der Waals surface area (Å²) in [5, 5.41) is 0. The zero-order valence-corrected chi connectivity index (χ0v) is 14.7. The van der Waals surface area contributed by atoms with Gasteiger partial charge in [-0.1, -0.05) is 12.1 Å². The van der Waals surface area contributed by atoms with Crippen molar-refractivity contribution in [2.75, 3.05) is 26.3 Å². The molecule has 1 aromatic heterocycles. The molecule has 1 amide bonds. The molecule has 0 bridgehead atoms. The highest BCUT2D eigenvalue weighted by molar-refractivity contribution is 5.92. The van der Waals surface area contributed by atoms with Crippen LogP contribution in [0.15, 0.2) is 35.8 Å². The fourth-order valence-corrected chi connectivity index (χ4v) is 3.73. The SMILES string of the molecule is CC1=C(C(=O)N2CCC(c3nc4ccccc4n3C)CC2)OCCO1. The number of aryl methyl sites for hydroxylation is 1. The van der Waals surface area contributed by atoms with Crippen LogP contribution in [0.3, 0.4) is 0 Å². The Morgan fingerprint density at radius 3 is 2.60 bits per heavy atom. The number of carbonyl (C=O) groups is 1. The van der Waals surface area contributed by atoms with Crippen molar-refractivity contribution in [2.45, 2.75) is 25.7 Å². The first-order valence-electron chi connectivity index (χ1n) is 8.82. The van der Waals surface area contributed by atoms with Crippen LogP contribution < -0.4 is 0 Å². The Morgan fingerprint density at radius 1 is 1.16 bits per heavy atom. The quantitative estimate of drug-likeness (QED) is 0.842. The molecular formula is C19H23N3O3. The van der Waals surface area contributed by atoms with Gasteiger partial charge in [0.25, 0.3) is 5.91 Å². The van der Waals surface area contributed by atoms with E-state index in [0.717, 1.165) is 29.7 Å². The molecule has 2 aliphatic rings. The summed E-state index contributed by atoms with van der Waals surface area (Å²) < 4.78 is 13.1.